The lowest BCUT2D eigenvalue weighted by molar-refractivity contribution is -0.190. The number of nitrogens with one attached hydrogen (secondary N) is 1. The van der Waals surface area contributed by atoms with E-state index in [4.69, 9.17) is 0 Å². The molecule has 33 heavy (non-hydrogen) atoms. The highest BCUT2D eigenvalue weighted by Crippen LogP contribution is 2.78. The van der Waals surface area contributed by atoms with Crippen LogP contribution >= 0.6 is 0 Å². The van der Waals surface area contributed by atoms with Crippen LogP contribution in [0.1, 0.15) is 99.3 Å². The molecule has 6 aliphatic rings. The van der Waals surface area contributed by atoms with Crippen molar-refractivity contribution in [2.24, 2.45) is 39.4 Å². The lowest BCUT2D eigenvalue weighted by Crippen LogP contribution is -2.67. The Morgan fingerprint density at radius 2 is 1.64 bits per heavy atom. The number of ketones is 1. The Kier molecular flexibility index (Phi) is 4.23. The molecule has 0 aromatic carbocycles. The maximum absolute atomic E-state index is 13.2. The summed E-state index contributed by atoms with van der Waals surface area (Å²) in [7, 11) is 0. The van der Waals surface area contributed by atoms with Gasteiger partial charge in [-0.05, 0) is 103 Å². The van der Waals surface area contributed by atoms with E-state index in [0.29, 0.717) is 18.3 Å². The molecule has 5 aliphatic carbocycles. The number of hydrogen-bond donors (Lipinski definition) is 2. The van der Waals surface area contributed by atoms with Gasteiger partial charge in [0.2, 0.25) is 0 Å². The summed E-state index contributed by atoms with van der Waals surface area (Å²) in [5, 5.41) is 14.7. The first-order valence-corrected chi connectivity index (χ1v) is 13.6. The summed E-state index contributed by atoms with van der Waals surface area (Å²) < 4.78 is 0. The standard InChI is InChI=1S/C29H43NO3/c1-17(2)22-19(32)15-28(16-31)13-11-24(3)18(23(22)28)7-8-20-25(24,4)12-14-29-26(20,5)10-9-21(33)27(29,6)30-29/h16-18,20-21,30,33H,7-15H2,1-6H3/t18-,20+,21+,24-,25-,26-,27-,28+,29+/m1/s1. The average Bonchev–Trinajstić information content (AvgIpc) is 3.29. The Hall–Kier alpha value is -1.00. The van der Waals surface area contributed by atoms with Crippen LogP contribution < -0.4 is 5.32 Å². The number of hydrogen-bond acceptors (Lipinski definition) is 4. The van der Waals surface area contributed by atoms with Gasteiger partial charge in [0.1, 0.15) is 6.29 Å². The predicted molar refractivity (Wildman–Crippen MR) is 129 cm³/mol. The minimum atomic E-state index is -0.532. The minimum Gasteiger partial charge on any atom is -0.391 e. The average molecular weight is 454 g/mol. The topological polar surface area (TPSA) is 76.3 Å². The number of fused-ring (bicyclic) bond motifs is 6. The van der Waals surface area contributed by atoms with Gasteiger partial charge in [0.05, 0.1) is 17.1 Å². The molecule has 9 atom stereocenters. The molecule has 0 radical (unpaired) electrons. The van der Waals surface area contributed by atoms with Crippen molar-refractivity contribution in [1.29, 1.82) is 0 Å². The molecule has 0 unspecified atom stereocenters. The first-order chi connectivity index (χ1) is 15.4. The maximum atomic E-state index is 13.2. The molecule has 182 valence electrons. The molecule has 5 fully saturated rings. The third-order valence-electron chi connectivity index (χ3n) is 13.1. The van der Waals surface area contributed by atoms with Crippen LogP contribution in [0.25, 0.3) is 0 Å². The van der Waals surface area contributed by atoms with Crippen molar-refractivity contribution in [3.05, 3.63) is 11.1 Å². The maximum Gasteiger partial charge on any atom is 0.160 e. The normalized spacial score (nSPS) is 57.1. The summed E-state index contributed by atoms with van der Waals surface area (Å²) >= 11 is 0. The summed E-state index contributed by atoms with van der Waals surface area (Å²) in [6.07, 6.45) is 9.73. The van der Waals surface area contributed by atoms with Crippen LogP contribution in [0.4, 0.5) is 0 Å². The fourth-order valence-corrected chi connectivity index (χ4v) is 11.1. The van der Waals surface area contributed by atoms with E-state index in [1.165, 1.54) is 18.4 Å². The smallest absolute Gasteiger partial charge is 0.160 e. The number of aliphatic hydroxyl groups excluding tert-OH is 1. The van der Waals surface area contributed by atoms with E-state index in [2.05, 4.69) is 46.9 Å². The largest absolute Gasteiger partial charge is 0.391 e. The molecule has 1 heterocycles. The third-order valence-corrected chi connectivity index (χ3v) is 13.1. The fraction of sp³-hybridized carbons (Fsp3) is 0.862. The number of carbonyl (C=O) groups is 2. The van der Waals surface area contributed by atoms with Crippen molar-refractivity contribution in [1.82, 2.24) is 5.32 Å². The molecule has 2 N–H and O–H groups in total. The summed E-state index contributed by atoms with van der Waals surface area (Å²) in [5.74, 6) is 1.36. The number of aliphatic hydroxyl groups is 1. The van der Waals surface area contributed by atoms with E-state index in [1.54, 1.807) is 0 Å². The van der Waals surface area contributed by atoms with Gasteiger partial charge in [0.15, 0.2) is 5.78 Å². The van der Waals surface area contributed by atoms with Crippen LogP contribution in [-0.2, 0) is 9.59 Å². The van der Waals surface area contributed by atoms with Crippen molar-refractivity contribution in [2.45, 2.75) is 117 Å². The van der Waals surface area contributed by atoms with E-state index >= 15 is 0 Å². The van der Waals surface area contributed by atoms with Gasteiger partial charge in [-0.1, -0.05) is 34.6 Å². The van der Waals surface area contributed by atoms with Gasteiger partial charge in [0.25, 0.3) is 0 Å². The van der Waals surface area contributed by atoms with E-state index in [0.717, 1.165) is 50.4 Å². The van der Waals surface area contributed by atoms with Gasteiger partial charge < -0.3 is 9.90 Å². The molecule has 0 aromatic heterocycles. The molecule has 1 saturated heterocycles. The molecule has 4 heteroatoms. The summed E-state index contributed by atoms with van der Waals surface area (Å²) in [6.45, 7) is 14.1. The molecule has 0 bridgehead atoms. The van der Waals surface area contributed by atoms with Crippen LogP contribution in [0.15, 0.2) is 11.1 Å². The van der Waals surface area contributed by atoms with Crippen molar-refractivity contribution in [2.75, 3.05) is 0 Å². The SMILES string of the molecule is CC(C)C1=C2[C@H]3CC[C@@H]4[C@@]5(C)CC[C@H](O)[C@@]6(C)N[C@@]56CC[C@@]4(C)[C@]3(C)CC[C@@]2(C=O)CC1=O. The summed E-state index contributed by atoms with van der Waals surface area (Å²) in [4.78, 5) is 25.7. The molecule has 4 saturated carbocycles. The highest BCUT2D eigenvalue weighted by Gasteiger charge is 2.82. The molecule has 1 aliphatic heterocycles. The molecular weight excluding hydrogens is 410 g/mol. The van der Waals surface area contributed by atoms with Crippen LogP contribution in [0.3, 0.4) is 0 Å². The number of carbonyl (C=O) groups excluding carboxylic acids is 2. The van der Waals surface area contributed by atoms with Crippen LogP contribution in [0.5, 0.6) is 0 Å². The van der Waals surface area contributed by atoms with E-state index in [1.807, 2.05) is 0 Å². The number of allylic oxidation sites excluding steroid dienone is 2. The van der Waals surface area contributed by atoms with Crippen LogP contribution in [0, 0.1) is 39.4 Å². The Balaban J connectivity index is 1.46. The van der Waals surface area contributed by atoms with Gasteiger partial charge >= 0.3 is 0 Å². The van der Waals surface area contributed by atoms with Crippen LogP contribution in [0.2, 0.25) is 0 Å². The second-order valence-corrected chi connectivity index (χ2v) is 14.1. The van der Waals surface area contributed by atoms with Gasteiger partial charge in [-0.15, -0.1) is 0 Å². The highest BCUT2D eigenvalue weighted by molar-refractivity contribution is 6.03. The molecule has 4 nitrogen and oxygen atoms in total. The predicted octanol–water partition coefficient (Wildman–Crippen LogP) is 4.99. The molecule has 0 aromatic rings. The van der Waals surface area contributed by atoms with Crippen molar-refractivity contribution >= 4 is 12.1 Å². The van der Waals surface area contributed by atoms with Crippen molar-refractivity contribution in [3.63, 3.8) is 0 Å². The molecular formula is C29H43NO3. The fourth-order valence-electron chi connectivity index (χ4n) is 11.1. The summed E-state index contributed by atoms with van der Waals surface area (Å²) in [5.41, 5.74) is 2.12. The molecule has 1 spiro atoms. The zero-order valence-corrected chi connectivity index (χ0v) is 21.5. The zero-order chi connectivity index (χ0) is 23.8. The van der Waals surface area contributed by atoms with E-state index in [9.17, 15) is 14.7 Å². The monoisotopic (exact) mass is 453 g/mol. The Labute approximate surface area is 199 Å². The third kappa shape index (κ3) is 2.19. The summed E-state index contributed by atoms with van der Waals surface area (Å²) in [6, 6.07) is 0. The Morgan fingerprint density at radius 1 is 0.939 bits per heavy atom. The minimum absolute atomic E-state index is 0.0674. The van der Waals surface area contributed by atoms with Crippen molar-refractivity contribution in [3.8, 4) is 0 Å². The Morgan fingerprint density at radius 3 is 2.30 bits per heavy atom. The first kappa shape index (κ1) is 22.5. The van der Waals surface area contributed by atoms with Gasteiger partial charge in [0, 0.05) is 12.0 Å². The first-order valence-electron chi connectivity index (χ1n) is 13.6. The van der Waals surface area contributed by atoms with E-state index < -0.39 is 5.41 Å². The van der Waals surface area contributed by atoms with Crippen molar-refractivity contribution < 1.29 is 14.7 Å². The zero-order valence-electron chi connectivity index (χ0n) is 21.5. The quantitative estimate of drug-likeness (QED) is 0.456. The van der Waals surface area contributed by atoms with Crippen LogP contribution in [-0.4, -0.2) is 34.4 Å². The molecule has 0 amide bonds. The van der Waals surface area contributed by atoms with Gasteiger partial charge in [-0.2, -0.15) is 0 Å². The second kappa shape index (κ2) is 6.22. The van der Waals surface area contributed by atoms with Gasteiger partial charge in [-0.3, -0.25) is 10.1 Å². The number of Topliss-reactive ketones (excluding diaryl/α,β-unsaturated/α-hetero) is 1. The lowest BCUT2D eigenvalue weighted by Gasteiger charge is -2.70. The number of aldehydes is 1. The lowest BCUT2D eigenvalue weighted by atomic mass is 9.34. The second-order valence-electron chi connectivity index (χ2n) is 14.1. The highest BCUT2D eigenvalue weighted by atomic mass is 16.3. The number of rotatable bonds is 2. The van der Waals surface area contributed by atoms with Gasteiger partial charge in [-0.25, -0.2) is 0 Å². The molecule has 6 rings (SSSR count). The van der Waals surface area contributed by atoms with E-state index in [-0.39, 0.29) is 45.1 Å². The Bertz CT molecular complexity index is 985.